The van der Waals surface area contributed by atoms with Gasteiger partial charge in [0.15, 0.2) is 0 Å². The van der Waals surface area contributed by atoms with Gasteiger partial charge in [0, 0.05) is 37.6 Å². The number of pyridine rings is 4. The second-order valence-corrected chi connectivity index (χ2v) is 19.4. The molecule has 0 aromatic carbocycles. The summed E-state index contributed by atoms with van der Waals surface area (Å²) in [6, 6.07) is 14.8. The molecule has 4 aromatic rings. The van der Waals surface area contributed by atoms with Crippen molar-refractivity contribution in [1.29, 1.82) is 0 Å². The smallest absolute Gasteiger partial charge is 0.255 e. The normalized spacial score (nSPS) is 13.0. The van der Waals surface area contributed by atoms with Crippen LogP contribution >= 0.6 is 0 Å². The molecule has 0 saturated heterocycles. The lowest BCUT2D eigenvalue weighted by atomic mass is 9.97. The molecule has 0 bridgehead atoms. The highest BCUT2D eigenvalue weighted by molar-refractivity contribution is 5.56. The number of alkyl halides is 15. The van der Waals surface area contributed by atoms with Crippen LogP contribution in [0.2, 0.25) is 0 Å². The first-order valence-electron chi connectivity index (χ1n) is 25.1. The van der Waals surface area contributed by atoms with E-state index in [0.29, 0.717) is 16.8 Å². The fraction of sp³-hybridized carbons (Fsp3) is 0.630. The minimum atomic E-state index is -5.46. The molecule has 0 radical (unpaired) electrons. The molecule has 0 amide bonds. The Morgan fingerprint density at radius 3 is 0.959 bits per heavy atom. The van der Waals surface area contributed by atoms with Crippen LogP contribution in [-0.4, -0.2) is 61.6 Å². The van der Waals surface area contributed by atoms with Crippen molar-refractivity contribution in [2.24, 2.45) is 0 Å². The van der Waals surface area contributed by atoms with Crippen LogP contribution in [-0.2, 0) is 25.7 Å². The highest BCUT2D eigenvalue weighted by Crippen LogP contribution is 2.44. The van der Waals surface area contributed by atoms with Crippen LogP contribution in [0.3, 0.4) is 0 Å². The van der Waals surface area contributed by atoms with Crippen molar-refractivity contribution in [2.45, 2.75) is 217 Å². The van der Waals surface area contributed by atoms with Crippen molar-refractivity contribution < 1.29 is 65.9 Å². The number of unbranched alkanes of at least 4 members (excludes halogenated alkanes) is 9. The molecule has 0 atom stereocenters. The number of hydrogen-bond acceptors (Lipinski definition) is 4. The maximum absolute atomic E-state index is 14.2. The molecule has 0 fully saturated rings. The first-order chi connectivity index (χ1) is 34.0. The molecule has 0 aliphatic carbocycles. The summed E-state index contributed by atoms with van der Waals surface area (Å²) in [7, 11) is 0. The van der Waals surface area contributed by atoms with Crippen LogP contribution in [0.5, 0.6) is 0 Å². The molecular formula is C54H69F15N4. The third-order valence-corrected chi connectivity index (χ3v) is 11.8. The maximum Gasteiger partial charge on any atom is 0.394 e. The van der Waals surface area contributed by atoms with Crippen LogP contribution in [0.1, 0.15) is 171 Å². The van der Waals surface area contributed by atoms with Crippen LogP contribution in [0, 0.1) is 0 Å². The lowest BCUT2D eigenvalue weighted by Crippen LogP contribution is -2.37. The van der Waals surface area contributed by atoms with Gasteiger partial charge in [-0.2, -0.15) is 13.2 Å². The third kappa shape index (κ3) is 27.6. The zero-order chi connectivity index (χ0) is 54.4. The van der Waals surface area contributed by atoms with E-state index in [0.717, 1.165) is 24.2 Å². The predicted molar refractivity (Wildman–Crippen MR) is 255 cm³/mol. The van der Waals surface area contributed by atoms with Crippen molar-refractivity contribution in [3.05, 3.63) is 95.6 Å². The van der Waals surface area contributed by atoms with Crippen LogP contribution < -0.4 is 0 Å². The number of aromatic nitrogens is 4. The summed E-state index contributed by atoms with van der Waals surface area (Å²) >= 11 is 0. The van der Waals surface area contributed by atoms with Gasteiger partial charge in [-0.25, -0.2) is 52.7 Å². The van der Waals surface area contributed by atoms with Gasteiger partial charge in [0.05, 0.1) is 48.5 Å². The number of rotatable bonds is 32. The molecular weight excluding hydrogens is 990 g/mol. The van der Waals surface area contributed by atoms with Gasteiger partial charge in [-0.3, -0.25) is 19.9 Å². The Balaban J connectivity index is 0.000000454. The third-order valence-electron chi connectivity index (χ3n) is 11.8. The molecule has 0 spiro atoms. The molecule has 4 heterocycles. The average Bonchev–Trinajstić information content (AvgIpc) is 3.25. The van der Waals surface area contributed by atoms with E-state index >= 15 is 0 Å². The SMILES string of the molecule is CC(F)(F)CC(F)(F)CC(F)(F)CCCCc1ccnc(-c2cc(CCCC(F)(F)CC(F)(F)CC(F)(F)CC(F)(F)F)ccn2)c1.CCCCCCCc1ccnc(-c2cc(CCCCCCC)ccn2)c1. The minimum Gasteiger partial charge on any atom is -0.255 e. The fourth-order valence-corrected chi connectivity index (χ4v) is 8.46. The van der Waals surface area contributed by atoms with Crippen molar-refractivity contribution in [1.82, 2.24) is 19.9 Å². The zero-order valence-electron chi connectivity index (χ0n) is 41.9. The Kier molecular flexibility index (Phi) is 25.0. The summed E-state index contributed by atoms with van der Waals surface area (Å²) in [6.07, 6.45) is 2.33. The lowest BCUT2D eigenvalue weighted by Gasteiger charge is -2.27. The Bertz CT molecular complexity index is 2140. The highest BCUT2D eigenvalue weighted by atomic mass is 19.4. The predicted octanol–water partition coefficient (Wildman–Crippen LogP) is 18.7. The summed E-state index contributed by atoms with van der Waals surface area (Å²) in [5, 5.41) is 0. The summed E-state index contributed by atoms with van der Waals surface area (Å²) in [5.41, 5.74) is 6.38. The van der Waals surface area contributed by atoms with Gasteiger partial charge in [-0.1, -0.05) is 65.2 Å². The Hall–Kier alpha value is -4.45. The summed E-state index contributed by atoms with van der Waals surface area (Å²) in [4.78, 5) is 17.4. The van der Waals surface area contributed by atoms with E-state index in [1.54, 1.807) is 12.1 Å². The largest absolute Gasteiger partial charge is 0.394 e. The van der Waals surface area contributed by atoms with Crippen molar-refractivity contribution >= 4 is 0 Å². The Morgan fingerprint density at radius 1 is 0.329 bits per heavy atom. The van der Waals surface area contributed by atoms with E-state index in [2.05, 4.69) is 58.0 Å². The van der Waals surface area contributed by atoms with E-state index < -0.39 is 93.1 Å². The van der Waals surface area contributed by atoms with Crippen LogP contribution in [0.25, 0.3) is 22.8 Å². The number of hydrogen-bond donors (Lipinski definition) is 0. The zero-order valence-corrected chi connectivity index (χ0v) is 41.9. The maximum atomic E-state index is 14.2. The van der Waals surface area contributed by atoms with E-state index in [1.807, 2.05) is 12.4 Å². The molecule has 4 nitrogen and oxygen atoms in total. The van der Waals surface area contributed by atoms with E-state index in [9.17, 15) is 65.9 Å². The molecule has 0 saturated carbocycles. The standard InChI is InChI=1S/C30H33F15N2.C24H36N2/c1-24(31,32)15-27(37,38)16-25(33,34)9-3-2-5-20-7-11-46-22(13-20)23-14-21(8-12-47-23)6-4-10-26(35,36)17-28(39,40)18-29(41,42)19-30(43,44)45;1-3-5-7-9-11-13-21-15-17-25-23(19-21)24-20-22(16-18-26-24)14-12-10-8-6-4-2/h7-8,11-14H,2-6,9-10,15-19H2,1H3;15-20H,3-14H2,1-2H3. The van der Waals surface area contributed by atoms with E-state index in [-0.39, 0.29) is 38.3 Å². The molecule has 4 rings (SSSR count). The first-order valence-corrected chi connectivity index (χ1v) is 25.1. The van der Waals surface area contributed by atoms with Crippen LogP contribution in [0.4, 0.5) is 65.9 Å². The van der Waals surface area contributed by atoms with Gasteiger partial charge in [0.1, 0.15) is 6.42 Å². The van der Waals surface area contributed by atoms with Crippen molar-refractivity contribution in [2.75, 3.05) is 0 Å². The minimum absolute atomic E-state index is 0.0935. The lowest BCUT2D eigenvalue weighted by molar-refractivity contribution is -0.214. The van der Waals surface area contributed by atoms with Crippen molar-refractivity contribution in [3.63, 3.8) is 0 Å². The first kappa shape index (κ1) is 62.8. The number of aryl methyl sites for hydroxylation is 4. The molecule has 0 unspecified atom stereocenters. The fourth-order valence-electron chi connectivity index (χ4n) is 8.46. The summed E-state index contributed by atoms with van der Waals surface area (Å²) in [6.45, 7) is 4.75. The second kappa shape index (κ2) is 29.0. The molecule has 0 N–H and O–H groups in total. The van der Waals surface area contributed by atoms with E-state index in [4.69, 9.17) is 0 Å². The van der Waals surface area contributed by atoms with Crippen molar-refractivity contribution in [3.8, 4) is 22.8 Å². The quantitative estimate of drug-likeness (QED) is 0.0361. The van der Waals surface area contributed by atoms with Crippen LogP contribution in [0.15, 0.2) is 73.3 Å². The number of halogens is 15. The van der Waals surface area contributed by atoms with Gasteiger partial charge in [-0.15, -0.1) is 0 Å². The topological polar surface area (TPSA) is 51.6 Å². The highest BCUT2D eigenvalue weighted by Gasteiger charge is 2.53. The second-order valence-electron chi connectivity index (χ2n) is 19.4. The Morgan fingerprint density at radius 2 is 0.616 bits per heavy atom. The Labute approximate surface area is 419 Å². The van der Waals surface area contributed by atoms with Gasteiger partial charge in [-0.05, 0) is 135 Å². The van der Waals surface area contributed by atoms with Gasteiger partial charge < -0.3 is 0 Å². The molecule has 19 heteroatoms. The summed E-state index contributed by atoms with van der Waals surface area (Å²) < 4.78 is 200. The molecule has 0 aliphatic rings. The summed E-state index contributed by atoms with van der Waals surface area (Å²) in [5.74, 6) is -25.8. The molecule has 4 aromatic heterocycles. The molecule has 0 aliphatic heterocycles. The molecule has 73 heavy (non-hydrogen) atoms. The monoisotopic (exact) mass is 1060 g/mol. The number of nitrogens with zero attached hydrogens (tertiary/aromatic N) is 4. The van der Waals surface area contributed by atoms with Gasteiger partial charge in [0.2, 0.25) is 0 Å². The average molecular weight is 1060 g/mol. The van der Waals surface area contributed by atoms with Gasteiger partial charge in [0.25, 0.3) is 35.5 Å². The molecule has 410 valence electrons. The van der Waals surface area contributed by atoms with E-state index in [1.165, 1.54) is 99.9 Å². The van der Waals surface area contributed by atoms with Gasteiger partial charge >= 0.3 is 6.18 Å².